The maximum absolute atomic E-state index is 12.7. The second kappa shape index (κ2) is 10.3. The average Bonchev–Trinajstić information content (AvgIpc) is 3.43. The third kappa shape index (κ3) is 5.30. The second-order valence-corrected chi connectivity index (χ2v) is 10.0. The van der Waals surface area contributed by atoms with E-state index in [1.807, 2.05) is 17.6 Å². The second-order valence-electron chi connectivity index (χ2n) is 8.26. The Bertz CT molecular complexity index is 1110. The lowest BCUT2D eigenvalue weighted by atomic mass is 10.1. The van der Waals surface area contributed by atoms with Crippen molar-refractivity contribution < 1.29 is 4.79 Å². The summed E-state index contributed by atoms with van der Waals surface area (Å²) in [5.41, 5.74) is 3.16. The molecule has 1 aromatic heterocycles. The minimum absolute atomic E-state index is 0.0840. The van der Waals surface area contributed by atoms with Gasteiger partial charge in [-0.25, -0.2) is 0 Å². The van der Waals surface area contributed by atoms with Gasteiger partial charge in [0.25, 0.3) is 0 Å². The Morgan fingerprint density at radius 1 is 1.19 bits per heavy atom. The van der Waals surface area contributed by atoms with Crippen LogP contribution in [0.2, 0.25) is 10.0 Å². The van der Waals surface area contributed by atoms with Crippen molar-refractivity contribution in [3.8, 4) is 5.69 Å². The molecule has 4 rings (SSSR count). The zero-order chi connectivity index (χ0) is 22.7. The smallest absolute Gasteiger partial charge is 0.223 e. The van der Waals surface area contributed by atoms with Gasteiger partial charge < -0.3 is 5.32 Å². The lowest BCUT2D eigenvalue weighted by molar-refractivity contribution is -0.125. The lowest BCUT2D eigenvalue weighted by Gasteiger charge is -2.19. The summed E-state index contributed by atoms with van der Waals surface area (Å²) in [7, 11) is 0. The number of aryl methyl sites for hydroxylation is 1. The van der Waals surface area contributed by atoms with Gasteiger partial charge in [-0.1, -0.05) is 77.6 Å². The standard InChI is InChI=1S/C24H26Cl2N4OS/c1-15-6-5-7-17(12-15)14-32-24-29-28-22(16(2)27-23(31)18-8-3-4-9-18)30(24)21-11-10-19(25)13-20(21)26/h5-7,10-13,16,18H,3-4,8-9,14H2,1-2H3,(H,27,31). The molecular formula is C24H26Cl2N4OS. The van der Waals surface area contributed by atoms with Crippen molar-refractivity contribution in [3.05, 3.63) is 69.5 Å². The number of carbonyl (C=O) groups excluding carboxylic acids is 1. The molecule has 0 bridgehead atoms. The zero-order valence-electron chi connectivity index (χ0n) is 18.1. The number of halogens is 2. The number of thioether (sulfide) groups is 1. The number of amides is 1. The molecule has 1 fully saturated rings. The summed E-state index contributed by atoms with van der Waals surface area (Å²) in [5.74, 6) is 1.56. The number of benzene rings is 2. The van der Waals surface area contributed by atoms with Gasteiger partial charge in [0.05, 0.1) is 16.8 Å². The molecule has 5 nitrogen and oxygen atoms in total. The number of aromatic nitrogens is 3. The van der Waals surface area contributed by atoms with Crippen LogP contribution in [0.5, 0.6) is 0 Å². The molecular weight excluding hydrogens is 463 g/mol. The molecule has 3 aromatic rings. The highest BCUT2D eigenvalue weighted by molar-refractivity contribution is 7.98. The number of nitrogens with one attached hydrogen (secondary N) is 1. The van der Waals surface area contributed by atoms with Gasteiger partial charge in [-0.3, -0.25) is 9.36 Å². The monoisotopic (exact) mass is 488 g/mol. The van der Waals surface area contributed by atoms with E-state index in [4.69, 9.17) is 23.2 Å². The van der Waals surface area contributed by atoms with Gasteiger partial charge in [0.15, 0.2) is 11.0 Å². The normalized spacial score (nSPS) is 15.1. The van der Waals surface area contributed by atoms with E-state index in [0.29, 0.717) is 21.0 Å². The van der Waals surface area contributed by atoms with Crippen LogP contribution in [0.3, 0.4) is 0 Å². The Morgan fingerprint density at radius 3 is 2.69 bits per heavy atom. The molecule has 8 heteroatoms. The van der Waals surface area contributed by atoms with Crippen molar-refractivity contribution in [1.82, 2.24) is 20.1 Å². The molecule has 0 radical (unpaired) electrons. The van der Waals surface area contributed by atoms with E-state index in [9.17, 15) is 4.79 Å². The van der Waals surface area contributed by atoms with Crippen LogP contribution in [-0.4, -0.2) is 20.7 Å². The molecule has 1 heterocycles. The first-order chi connectivity index (χ1) is 15.4. The minimum atomic E-state index is -0.310. The van der Waals surface area contributed by atoms with E-state index in [-0.39, 0.29) is 17.9 Å². The van der Waals surface area contributed by atoms with Crippen LogP contribution < -0.4 is 5.32 Å². The van der Waals surface area contributed by atoms with E-state index in [0.717, 1.165) is 37.1 Å². The highest BCUT2D eigenvalue weighted by Crippen LogP contribution is 2.33. The average molecular weight is 489 g/mol. The summed E-state index contributed by atoms with van der Waals surface area (Å²) in [5, 5.41) is 13.8. The highest BCUT2D eigenvalue weighted by Gasteiger charge is 2.27. The fourth-order valence-corrected chi connectivity index (χ4v) is 5.47. The summed E-state index contributed by atoms with van der Waals surface area (Å²) in [6, 6.07) is 13.4. The first-order valence-electron chi connectivity index (χ1n) is 10.8. The molecule has 1 atom stereocenters. The van der Waals surface area contributed by atoms with Gasteiger partial charge in [0.2, 0.25) is 5.91 Å². The molecule has 1 saturated carbocycles. The van der Waals surface area contributed by atoms with Gasteiger partial charge in [-0.05, 0) is 50.5 Å². The Labute approximate surface area is 202 Å². The van der Waals surface area contributed by atoms with E-state index < -0.39 is 0 Å². The van der Waals surface area contributed by atoms with Gasteiger partial charge in [0.1, 0.15) is 0 Å². The van der Waals surface area contributed by atoms with Gasteiger partial charge in [-0.15, -0.1) is 10.2 Å². The molecule has 1 amide bonds. The quantitative estimate of drug-likeness (QED) is 0.383. The van der Waals surface area contributed by atoms with Gasteiger partial charge in [-0.2, -0.15) is 0 Å². The molecule has 2 aromatic carbocycles. The molecule has 0 aliphatic heterocycles. The molecule has 1 N–H and O–H groups in total. The Morgan fingerprint density at radius 2 is 1.97 bits per heavy atom. The topological polar surface area (TPSA) is 59.8 Å². The molecule has 32 heavy (non-hydrogen) atoms. The van der Waals surface area contributed by atoms with Crippen LogP contribution in [0.15, 0.2) is 47.6 Å². The first kappa shape index (κ1) is 23.1. The Balaban J connectivity index is 1.64. The van der Waals surface area contributed by atoms with Crippen molar-refractivity contribution >= 4 is 40.9 Å². The number of nitrogens with zero attached hydrogens (tertiary/aromatic N) is 3. The van der Waals surface area contributed by atoms with Crippen LogP contribution in [0.4, 0.5) is 0 Å². The van der Waals surface area contributed by atoms with E-state index >= 15 is 0 Å². The third-order valence-corrected chi connectivity index (χ3v) is 7.27. The summed E-state index contributed by atoms with van der Waals surface area (Å²) < 4.78 is 1.93. The fraction of sp³-hybridized carbons (Fsp3) is 0.375. The van der Waals surface area contributed by atoms with Crippen molar-refractivity contribution in [1.29, 1.82) is 0 Å². The molecule has 1 aliphatic rings. The number of hydrogen-bond donors (Lipinski definition) is 1. The van der Waals surface area contributed by atoms with Crippen LogP contribution in [0, 0.1) is 12.8 Å². The summed E-state index contributed by atoms with van der Waals surface area (Å²) >= 11 is 14.3. The summed E-state index contributed by atoms with van der Waals surface area (Å²) in [6.07, 6.45) is 4.13. The van der Waals surface area contributed by atoms with E-state index in [1.54, 1.807) is 23.9 Å². The maximum atomic E-state index is 12.7. The van der Waals surface area contributed by atoms with Crippen molar-refractivity contribution in [3.63, 3.8) is 0 Å². The first-order valence-corrected chi connectivity index (χ1v) is 12.6. The predicted molar refractivity (Wildman–Crippen MR) is 131 cm³/mol. The zero-order valence-corrected chi connectivity index (χ0v) is 20.5. The fourth-order valence-electron chi connectivity index (χ4n) is 4.08. The highest BCUT2D eigenvalue weighted by atomic mass is 35.5. The van der Waals surface area contributed by atoms with Crippen LogP contribution >= 0.6 is 35.0 Å². The Kier molecular flexibility index (Phi) is 7.44. The largest absolute Gasteiger partial charge is 0.346 e. The summed E-state index contributed by atoms with van der Waals surface area (Å²) in [6.45, 7) is 4.02. The van der Waals surface area contributed by atoms with Gasteiger partial charge >= 0.3 is 0 Å². The molecule has 0 spiro atoms. The molecule has 0 saturated heterocycles. The summed E-state index contributed by atoms with van der Waals surface area (Å²) in [4.78, 5) is 12.7. The van der Waals surface area contributed by atoms with Gasteiger partial charge in [0, 0.05) is 16.7 Å². The van der Waals surface area contributed by atoms with Crippen LogP contribution in [0.1, 0.15) is 55.6 Å². The lowest BCUT2D eigenvalue weighted by Crippen LogP contribution is -2.33. The SMILES string of the molecule is Cc1cccc(CSc2nnc(C(C)NC(=O)C3CCCC3)n2-c2ccc(Cl)cc2Cl)c1. The van der Waals surface area contributed by atoms with Crippen LogP contribution in [-0.2, 0) is 10.5 Å². The van der Waals surface area contributed by atoms with Crippen molar-refractivity contribution in [2.24, 2.45) is 5.92 Å². The molecule has 1 aliphatic carbocycles. The van der Waals surface area contributed by atoms with Crippen LogP contribution in [0.25, 0.3) is 5.69 Å². The maximum Gasteiger partial charge on any atom is 0.223 e. The van der Waals surface area contributed by atoms with E-state index in [1.165, 1.54) is 11.1 Å². The van der Waals surface area contributed by atoms with Crippen molar-refractivity contribution in [2.45, 2.75) is 56.5 Å². The predicted octanol–water partition coefficient (Wildman–Crippen LogP) is 6.54. The minimum Gasteiger partial charge on any atom is -0.346 e. The van der Waals surface area contributed by atoms with Crippen molar-refractivity contribution in [2.75, 3.05) is 0 Å². The molecule has 168 valence electrons. The number of rotatable bonds is 7. The Hall–Kier alpha value is -2.02. The molecule has 1 unspecified atom stereocenters. The number of carbonyl (C=O) groups is 1. The number of hydrogen-bond acceptors (Lipinski definition) is 4. The van der Waals surface area contributed by atoms with E-state index in [2.05, 4.69) is 46.7 Å². The third-order valence-electron chi connectivity index (χ3n) is 5.73.